The molecular weight excluding hydrogens is 186 g/mol. The summed E-state index contributed by atoms with van der Waals surface area (Å²) in [4.78, 5) is 3.97. The summed E-state index contributed by atoms with van der Waals surface area (Å²) in [6, 6.07) is 0.164. The quantitative estimate of drug-likeness (QED) is 0.777. The molecule has 1 fully saturated rings. The second kappa shape index (κ2) is 4.02. The fourth-order valence-electron chi connectivity index (χ4n) is 1.62. The van der Waals surface area contributed by atoms with Gasteiger partial charge in [0, 0.05) is 17.6 Å². The highest BCUT2D eigenvalue weighted by molar-refractivity contribution is 7.07. The zero-order valence-corrected chi connectivity index (χ0v) is 8.17. The highest BCUT2D eigenvalue weighted by atomic mass is 32.1. The molecule has 2 N–H and O–H groups in total. The molecule has 1 saturated carbocycles. The lowest BCUT2D eigenvalue weighted by Crippen LogP contribution is -2.41. The molecule has 0 radical (unpaired) electrons. The fourth-order valence-corrected chi connectivity index (χ4v) is 2.06. The van der Waals surface area contributed by atoms with Crippen LogP contribution in [-0.4, -0.2) is 21.5 Å². The molecule has 1 heterocycles. The lowest BCUT2D eigenvalue weighted by molar-refractivity contribution is 0.132. The number of ether oxygens (including phenoxy) is 1. The van der Waals surface area contributed by atoms with E-state index >= 15 is 0 Å². The van der Waals surface area contributed by atoms with E-state index in [1.807, 2.05) is 0 Å². The Kier molecular flexibility index (Phi) is 2.75. The SMILES string of the molecule is NC1CCCCC1Oc1ncns1. The molecular formula is C8H13N3OS. The van der Waals surface area contributed by atoms with Gasteiger partial charge < -0.3 is 10.5 Å². The van der Waals surface area contributed by atoms with Gasteiger partial charge in [0.2, 0.25) is 0 Å². The second-order valence-corrected chi connectivity index (χ2v) is 4.05. The Hall–Kier alpha value is -0.680. The Morgan fingerprint density at radius 1 is 1.46 bits per heavy atom. The van der Waals surface area contributed by atoms with E-state index in [2.05, 4.69) is 9.36 Å². The molecule has 2 rings (SSSR count). The Morgan fingerprint density at radius 2 is 2.31 bits per heavy atom. The number of rotatable bonds is 2. The van der Waals surface area contributed by atoms with Crippen LogP contribution in [-0.2, 0) is 0 Å². The normalized spacial score (nSPS) is 28.7. The van der Waals surface area contributed by atoms with Crippen molar-refractivity contribution in [1.82, 2.24) is 9.36 Å². The third-order valence-corrected chi connectivity index (χ3v) is 2.90. The van der Waals surface area contributed by atoms with Gasteiger partial charge in [-0.3, -0.25) is 0 Å². The third kappa shape index (κ3) is 2.16. The van der Waals surface area contributed by atoms with E-state index in [-0.39, 0.29) is 12.1 Å². The van der Waals surface area contributed by atoms with Gasteiger partial charge in [0.15, 0.2) is 0 Å². The summed E-state index contributed by atoms with van der Waals surface area (Å²) >= 11 is 1.28. The summed E-state index contributed by atoms with van der Waals surface area (Å²) in [5.74, 6) is 0. The van der Waals surface area contributed by atoms with E-state index < -0.39 is 0 Å². The zero-order valence-electron chi connectivity index (χ0n) is 7.35. The maximum absolute atomic E-state index is 5.93. The molecule has 2 unspecified atom stereocenters. The Labute approximate surface area is 81.3 Å². The van der Waals surface area contributed by atoms with Crippen LogP contribution < -0.4 is 10.5 Å². The number of aromatic nitrogens is 2. The maximum atomic E-state index is 5.93. The van der Waals surface area contributed by atoms with E-state index in [0.717, 1.165) is 12.8 Å². The van der Waals surface area contributed by atoms with E-state index in [1.165, 1.54) is 30.7 Å². The molecule has 1 aromatic heterocycles. The van der Waals surface area contributed by atoms with Crippen molar-refractivity contribution in [2.24, 2.45) is 5.73 Å². The largest absolute Gasteiger partial charge is 0.464 e. The molecule has 0 bridgehead atoms. The molecule has 13 heavy (non-hydrogen) atoms. The van der Waals surface area contributed by atoms with Gasteiger partial charge in [0.1, 0.15) is 12.4 Å². The predicted molar refractivity (Wildman–Crippen MR) is 50.8 cm³/mol. The molecule has 2 atom stereocenters. The molecule has 0 spiro atoms. The average molecular weight is 199 g/mol. The third-order valence-electron chi connectivity index (χ3n) is 2.35. The van der Waals surface area contributed by atoms with Crippen LogP contribution in [0.1, 0.15) is 25.7 Å². The summed E-state index contributed by atoms with van der Waals surface area (Å²) in [6.07, 6.45) is 6.18. The summed E-state index contributed by atoms with van der Waals surface area (Å²) in [6.45, 7) is 0. The molecule has 0 aromatic carbocycles. The van der Waals surface area contributed by atoms with Gasteiger partial charge in [-0.1, -0.05) is 6.42 Å². The molecule has 1 aliphatic rings. The molecule has 1 aromatic rings. The van der Waals surface area contributed by atoms with Crippen LogP contribution in [0.4, 0.5) is 0 Å². The van der Waals surface area contributed by atoms with E-state index in [0.29, 0.717) is 5.19 Å². The van der Waals surface area contributed by atoms with Crippen molar-refractivity contribution in [2.45, 2.75) is 37.8 Å². The van der Waals surface area contributed by atoms with Gasteiger partial charge >= 0.3 is 0 Å². The van der Waals surface area contributed by atoms with Crippen LogP contribution in [0, 0.1) is 0 Å². The van der Waals surface area contributed by atoms with Crippen LogP contribution >= 0.6 is 11.5 Å². The van der Waals surface area contributed by atoms with Gasteiger partial charge in [0.05, 0.1) is 0 Å². The van der Waals surface area contributed by atoms with Crippen molar-refractivity contribution in [2.75, 3.05) is 0 Å². The van der Waals surface area contributed by atoms with Crippen molar-refractivity contribution in [3.05, 3.63) is 6.33 Å². The van der Waals surface area contributed by atoms with E-state index in [1.54, 1.807) is 0 Å². The molecule has 1 aliphatic carbocycles. The number of hydrogen-bond acceptors (Lipinski definition) is 5. The fraction of sp³-hybridized carbons (Fsp3) is 0.750. The Bertz CT molecular complexity index is 252. The van der Waals surface area contributed by atoms with Crippen LogP contribution in [0.2, 0.25) is 0 Å². The Balaban J connectivity index is 1.93. The van der Waals surface area contributed by atoms with Gasteiger partial charge in [-0.25, -0.2) is 0 Å². The summed E-state index contributed by atoms with van der Waals surface area (Å²) in [5.41, 5.74) is 5.93. The van der Waals surface area contributed by atoms with Gasteiger partial charge in [0.25, 0.3) is 5.19 Å². The minimum absolute atomic E-state index is 0.140. The van der Waals surface area contributed by atoms with E-state index in [4.69, 9.17) is 10.5 Å². The first-order valence-electron chi connectivity index (χ1n) is 4.55. The van der Waals surface area contributed by atoms with Crippen LogP contribution in [0.5, 0.6) is 5.19 Å². The van der Waals surface area contributed by atoms with Crippen molar-refractivity contribution < 1.29 is 4.74 Å². The van der Waals surface area contributed by atoms with Gasteiger partial charge in [-0.15, -0.1) is 0 Å². The highest BCUT2D eigenvalue weighted by Gasteiger charge is 2.23. The average Bonchev–Trinajstić information content (AvgIpc) is 2.61. The summed E-state index contributed by atoms with van der Waals surface area (Å²) in [7, 11) is 0. The van der Waals surface area contributed by atoms with Gasteiger partial charge in [-0.2, -0.15) is 9.36 Å². The lowest BCUT2D eigenvalue weighted by atomic mass is 9.93. The predicted octanol–water partition coefficient (Wildman–Crippen LogP) is 1.19. The molecule has 4 nitrogen and oxygen atoms in total. The molecule has 0 saturated heterocycles. The standard InChI is InChI=1S/C8H13N3OS/c9-6-3-1-2-4-7(6)12-8-10-5-11-13-8/h5-7H,1-4,9H2. The molecule has 0 amide bonds. The van der Waals surface area contributed by atoms with Crippen molar-refractivity contribution in [3.8, 4) is 5.19 Å². The van der Waals surface area contributed by atoms with Crippen LogP contribution in [0.15, 0.2) is 6.33 Å². The molecule has 72 valence electrons. The first-order valence-corrected chi connectivity index (χ1v) is 5.32. The van der Waals surface area contributed by atoms with Crippen LogP contribution in [0.3, 0.4) is 0 Å². The highest BCUT2D eigenvalue weighted by Crippen LogP contribution is 2.22. The smallest absolute Gasteiger partial charge is 0.293 e. The van der Waals surface area contributed by atoms with Crippen LogP contribution in [0.25, 0.3) is 0 Å². The Morgan fingerprint density at radius 3 is 3.00 bits per heavy atom. The molecule has 5 heteroatoms. The van der Waals surface area contributed by atoms with Crippen molar-refractivity contribution in [1.29, 1.82) is 0 Å². The molecule has 0 aliphatic heterocycles. The zero-order chi connectivity index (χ0) is 9.10. The second-order valence-electron chi connectivity index (χ2n) is 3.31. The summed E-state index contributed by atoms with van der Waals surface area (Å²) in [5, 5.41) is 0.641. The first-order chi connectivity index (χ1) is 6.36. The topological polar surface area (TPSA) is 61.0 Å². The van der Waals surface area contributed by atoms with E-state index in [9.17, 15) is 0 Å². The summed E-state index contributed by atoms with van der Waals surface area (Å²) < 4.78 is 9.50. The van der Waals surface area contributed by atoms with Gasteiger partial charge in [-0.05, 0) is 19.3 Å². The monoisotopic (exact) mass is 199 g/mol. The minimum atomic E-state index is 0.140. The number of nitrogens with zero attached hydrogens (tertiary/aromatic N) is 2. The van der Waals surface area contributed by atoms with Crippen molar-refractivity contribution in [3.63, 3.8) is 0 Å². The lowest BCUT2D eigenvalue weighted by Gasteiger charge is -2.27. The number of nitrogens with two attached hydrogens (primary N) is 1. The maximum Gasteiger partial charge on any atom is 0.293 e. The first kappa shape index (κ1) is 8.90. The van der Waals surface area contributed by atoms with Crippen molar-refractivity contribution >= 4 is 11.5 Å². The minimum Gasteiger partial charge on any atom is -0.464 e. The number of hydrogen-bond donors (Lipinski definition) is 1.